The van der Waals surface area contributed by atoms with Crippen LogP contribution in [0.4, 0.5) is 10.5 Å². The highest BCUT2D eigenvalue weighted by Crippen LogP contribution is 2.18. The summed E-state index contributed by atoms with van der Waals surface area (Å²) in [5.41, 5.74) is 0.358. The van der Waals surface area contributed by atoms with Gasteiger partial charge < -0.3 is 5.11 Å². The standard InChI is InChI=1S/C18H17N5O4/c1-3-22(18(26)27)13-6-4-5-12(9-13)17(25)16-15(24)7-8-23(20-16)14-10-19-21(2)11-14/h4-11H,3H2,1-2H3,(H,26,27). The predicted molar refractivity (Wildman–Crippen MR) is 97.5 cm³/mol. The number of ketones is 1. The molecule has 0 unspecified atom stereocenters. The Balaban J connectivity index is 2.01. The summed E-state index contributed by atoms with van der Waals surface area (Å²) >= 11 is 0. The number of carboxylic acid groups (broad SMARTS) is 1. The fourth-order valence-electron chi connectivity index (χ4n) is 2.62. The van der Waals surface area contributed by atoms with E-state index < -0.39 is 17.3 Å². The first-order valence-electron chi connectivity index (χ1n) is 8.15. The van der Waals surface area contributed by atoms with Crippen molar-refractivity contribution in [2.24, 2.45) is 7.05 Å². The van der Waals surface area contributed by atoms with Gasteiger partial charge in [-0.1, -0.05) is 12.1 Å². The molecule has 27 heavy (non-hydrogen) atoms. The van der Waals surface area contributed by atoms with Crippen LogP contribution in [0.1, 0.15) is 23.0 Å². The van der Waals surface area contributed by atoms with Gasteiger partial charge in [-0.3, -0.25) is 19.2 Å². The molecule has 3 aromatic rings. The Morgan fingerprint density at radius 1 is 1.26 bits per heavy atom. The molecule has 2 heterocycles. The van der Waals surface area contributed by atoms with E-state index in [-0.39, 0.29) is 17.8 Å². The maximum absolute atomic E-state index is 12.8. The summed E-state index contributed by atoms with van der Waals surface area (Å²) in [7, 11) is 1.74. The van der Waals surface area contributed by atoms with Gasteiger partial charge in [-0.2, -0.15) is 10.2 Å². The largest absolute Gasteiger partial charge is 0.465 e. The van der Waals surface area contributed by atoms with Crippen LogP contribution in [0.5, 0.6) is 0 Å². The van der Waals surface area contributed by atoms with Crippen molar-refractivity contribution >= 4 is 17.6 Å². The minimum atomic E-state index is -1.13. The van der Waals surface area contributed by atoms with Crippen molar-refractivity contribution in [3.05, 3.63) is 70.4 Å². The van der Waals surface area contributed by atoms with Gasteiger partial charge in [0.15, 0.2) is 5.69 Å². The van der Waals surface area contributed by atoms with Crippen molar-refractivity contribution in [3.63, 3.8) is 0 Å². The van der Waals surface area contributed by atoms with Gasteiger partial charge in [0, 0.05) is 37.1 Å². The van der Waals surface area contributed by atoms with Gasteiger partial charge in [0.25, 0.3) is 0 Å². The van der Waals surface area contributed by atoms with Gasteiger partial charge in [-0.25, -0.2) is 9.48 Å². The lowest BCUT2D eigenvalue weighted by atomic mass is 10.1. The third kappa shape index (κ3) is 3.61. The Morgan fingerprint density at radius 3 is 2.67 bits per heavy atom. The van der Waals surface area contributed by atoms with Gasteiger partial charge in [-0.05, 0) is 19.1 Å². The topological polar surface area (TPSA) is 110 Å². The summed E-state index contributed by atoms with van der Waals surface area (Å²) in [6.45, 7) is 1.91. The van der Waals surface area contributed by atoms with E-state index in [2.05, 4.69) is 10.2 Å². The van der Waals surface area contributed by atoms with E-state index in [1.165, 1.54) is 29.1 Å². The summed E-state index contributed by atoms with van der Waals surface area (Å²) in [6, 6.07) is 7.36. The first-order chi connectivity index (χ1) is 12.9. The number of nitrogens with zero attached hydrogens (tertiary/aromatic N) is 5. The molecular weight excluding hydrogens is 350 g/mol. The Bertz CT molecular complexity index is 1070. The molecule has 1 amide bonds. The highest BCUT2D eigenvalue weighted by Gasteiger charge is 2.19. The van der Waals surface area contributed by atoms with Crippen LogP contribution in [-0.2, 0) is 7.05 Å². The van der Waals surface area contributed by atoms with E-state index in [0.29, 0.717) is 11.4 Å². The zero-order valence-electron chi connectivity index (χ0n) is 14.7. The number of carbonyl (C=O) groups excluding carboxylic acids is 1. The molecule has 0 saturated heterocycles. The highest BCUT2D eigenvalue weighted by atomic mass is 16.4. The molecule has 0 aliphatic heterocycles. The average molecular weight is 367 g/mol. The molecule has 0 spiro atoms. The second-order valence-electron chi connectivity index (χ2n) is 5.75. The zero-order chi connectivity index (χ0) is 19.6. The zero-order valence-corrected chi connectivity index (χ0v) is 14.7. The molecule has 0 bridgehead atoms. The number of rotatable bonds is 5. The molecular formula is C18H17N5O4. The van der Waals surface area contributed by atoms with Crippen molar-refractivity contribution in [1.82, 2.24) is 19.6 Å². The number of hydrogen-bond donors (Lipinski definition) is 1. The average Bonchev–Trinajstić information content (AvgIpc) is 3.08. The summed E-state index contributed by atoms with van der Waals surface area (Å²) in [5, 5.41) is 17.4. The Labute approximate surface area is 154 Å². The lowest BCUT2D eigenvalue weighted by molar-refractivity contribution is 0.103. The van der Waals surface area contributed by atoms with E-state index in [4.69, 9.17) is 0 Å². The summed E-state index contributed by atoms with van der Waals surface area (Å²) < 4.78 is 2.96. The second-order valence-corrected chi connectivity index (χ2v) is 5.75. The van der Waals surface area contributed by atoms with Crippen LogP contribution in [0.15, 0.2) is 53.7 Å². The molecule has 138 valence electrons. The number of anilines is 1. The fraction of sp³-hybridized carbons (Fsp3) is 0.167. The van der Waals surface area contributed by atoms with Crippen LogP contribution in [0.2, 0.25) is 0 Å². The minimum Gasteiger partial charge on any atom is -0.465 e. The summed E-state index contributed by atoms with van der Waals surface area (Å²) in [4.78, 5) is 37.4. The van der Waals surface area contributed by atoms with E-state index in [9.17, 15) is 19.5 Å². The lowest BCUT2D eigenvalue weighted by Crippen LogP contribution is -2.29. The quantitative estimate of drug-likeness (QED) is 0.687. The molecule has 0 atom stereocenters. The second kappa shape index (κ2) is 7.24. The molecule has 2 aromatic heterocycles. The number of benzene rings is 1. The van der Waals surface area contributed by atoms with Crippen molar-refractivity contribution < 1.29 is 14.7 Å². The van der Waals surface area contributed by atoms with E-state index in [1.54, 1.807) is 43.2 Å². The third-order valence-electron chi connectivity index (χ3n) is 3.95. The first-order valence-corrected chi connectivity index (χ1v) is 8.15. The Hall–Kier alpha value is -3.75. The number of amides is 1. The van der Waals surface area contributed by atoms with Crippen LogP contribution in [-0.4, -0.2) is 43.1 Å². The van der Waals surface area contributed by atoms with E-state index in [0.717, 1.165) is 4.90 Å². The van der Waals surface area contributed by atoms with Crippen molar-refractivity contribution in [2.45, 2.75) is 6.92 Å². The number of aromatic nitrogens is 4. The summed E-state index contributed by atoms with van der Waals surface area (Å²) in [5.74, 6) is -0.582. The van der Waals surface area contributed by atoms with Gasteiger partial charge in [0.2, 0.25) is 11.2 Å². The molecule has 9 nitrogen and oxygen atoms in total. The van der Waals surface area contributed by atoms with Crippen LogP contribution >= 0.6 is 0 Å². The molecule has 0 aliphatic rings. The van der Waals surface area contributed by atoms with Crippen LogP contribution in [0, 0.1) is 0 Å². The monoisotopic (exact) mass is 367 g/mol. The minimum absolute atomic E-state index is 0.181. The number of aryl methyl sites for hydroxylation is 1. The fourth-order valence-corrected chi connectivity index (χ4v) is 2.62. The summed E-state index contributed by atoms with van der Waals surface area (Å²) in [6.07, 6.45) is 3.57. The molecule has 9 heteroatoms. The van der Waals surface area contributed by atoms with Crippen LogP contribution < -0.4 is 10.3 Å². The van der Waals surface area contributed by atoms with Crippen molar-refractivity contribution in [2.75, 3.05) is 11.4 Å². The van der Waals surface area contributed by atoms with Crippen molar-refractivity contribution in [3.8, 4) is 5.69 Å². The van der Waals surface area contributed by atoms with Gasteiger partial charge >= 0.3 is 6.09 Å². The molecule has 3 rings (SSSR count). The molecule has 1 aromatic carbocycles. The molecule has 0 saturated carbocycles. The molecule has 1 N–H and O–H groups in total. The maximum Gasteiger partial charge on any atom is 0.411 e. The van der Waals surface area contributed by atoms with Gasteiger partial charge in [0.1, 0.15) is 5.69 Å². The molecule has 0 radical (unpaired) electrons. The normalized spacial score (nSPS) is 10.6. The number of carbonyl (C=O) groups is 2. The first kappa shape index (κ1) is 18.1. The lowest BCUT2D eigenvalue weighted by Gasteiger charge is -2.17. The highest BCUT2D eigenvalue weighted by molar-refractivity contribution is 6.08. The van der Waals surface area contributed by atoms with Crippen LogP contribution in [0.3, 0.4) is 0 Å². The molecule has 0 aliphatic carbocycles. The maximum atomic E-state index is 12.8. The van der Waals surface area contributed by atoms with Crippen molar-refractivity contribution in [1.29, 1.82) is 0 Å². The Kier molecular flexibility index (Phi) is 4.84. The SMILES string of the molecule is CCN(C(=O)O)c1cccc(C(=O)c2nn(-c3cnn(C)c3)ccc2=O)c1. The number of hydrogen-bond acceptors (Lipinski definition) is 5. The predicted octanol–water partition coefficient (Wildman–Crippen LogP) is 1.70. The molecule has 0 fully saturated rings. The third-order valence-corrected chi connectivity index (χ3v) is 3.95. The van der Waals surface area contributed by atoms with Gasteiger partial charge in [-0.15, -0.1) is 0 Å². The van der Waals surface area contributed by atoms with E-state index >= 15 is 0 Å². The smallest absolute Gasteiger partial charge is 0.411 e. The Morgan fingerprint density at radius 2 is 2.04 bits per heavy atom. The van der Waals surface area contributed by atoms with E-state index in [1.807, 2.05) is 0 Å². The van der Waals surface area contributed by atoms with Gasteiger partial charge in [0.05, 0.1) is 12.4 Å². The van der Waals surface area contributed by atoms with Crippen LogP contribution in [0.25, 0.3) is 5.69 Å².